The molecule has 0 radical (unpaired) electrons. The molecular formula is C23H19ClF2N2O2. The number of carbonyl (C=O) groups excluding carboxylic acids is 1. The van der Waals surface area contributed by atoms with Crippen LogP contribution in [0.2, 0.25) is 5.02 Å². The van der Waals surface area contributed by atoms with E-state index in [9.17, 15) is 13.6 Å². The molecule has 1 aromatic carbocycles. The number of aromatic nitrogens is 2. The average Bonchev–Trinajstić information content (AvgIpc) is 3.10. The maximum absolute atomic E-state index is 13.6. The van der Waals surface area contributed by atoms with Gasteiger partial charge in [0.1, 0.15) is 6.61 Å². The number of halogens is 3. The molecule has 0 spiro atoms. The zero-order valence-corrected chi connectivity index (χ0v) is 17.0. The standard InChI is InChI=1S/C23H19ClF2N2O2/c1-23(25,26)17-9-20(24)22(27-11-17)28-12-16(13-29)19-10-18(7-8-21(19)28)30-14-15-5-3-2-4-6-15/h2-6,9-13H,7-8,14H2,1H3. The van der Waals surface area contributed by atoms with E-state index in [-0.39, 0.29) is 10.6 Å². The summed E-state index contributed by atoms with van der Waals surface area (Å²) in [4.78, 5) is 15.8. The fourth-order valence-corrected chi connectivity index (χ4v) is 3.73. The molecule has 0 unspecified atom stereocenters. The summed E-state index contributed by atoms with van der Waals surface area (Å²) in [5, 5.41) is 0.0966. The van der Waals surface area contributed by atoms with E-state index in [4.69, 9.17) is 16.3 Å². The smallest absolute Gasteiger partial charge is 0.272 e. The van der Waals surface area contributed by atoms with Crippen LogP contribution >= 0.6 is 11.6 Å². The van der Waals surface area contributed by atoms with Crippen molar-refractivity contribution >= 4 is 24.0 Å². The number of fused-ring (bicyclic) bond motifs is 1. The molecule has 30 heavy (non-hydrogen) atoms. The Balaban J connectivity index is 1.66. The lowest BCUT2D eigenvalue weighted by molar-refractivity contribution is 0.0171. The number of allylic oxidation sites excluding steroid dienone is 1. The van der Waals surface area contributed by atoms with Gasteiger partial charge in [-0.3, -0.25) is 4.79 Å². The molecular weight excluding hydrogens is 410 g/mol. The lowest BCUT2D eigenvalue weighted by Crippen LogP contribution is -2.11. The van der Waals surface area contributed by atoms with Gasteiger partial charge >= 0.3 is 0 Å². The van der Waals surface area contributed by atoms with Crippen molar-refractivity contribution in [2.45, 2.75) is 32.3 Å². The number of pyridine rings is 1. The second-order valence-electron chi connectivity index (χ2n) is 7.24. The van der Waals surface area contributed by atoms with Crippen molar-refractivity contribution in [2.24, 2.45) is 0 Å². The number of nitrogens with zero attached hydrogens (tertiary/aromatic N) is 2. The van der Waals surface area contributed by atoms with Gasteiger partial charge in [0.05, 0.1) is 10.8 Å². The van der Waals surface area contributed by atoms with Crippen LogP contribution in [-0.4, -0.2) is 15.8 Å². The first-order chi connectivity index (χ1) is 14.4. The van der Waals surface area contributed by atoms with Gasteiger partial charge in [0.15, 0.2) is 12.1 Å². The molecule has 7 heteroatoms. The molecule has 0 saturated heterocycles. The molecule has 154 valence electrons. The van der Waals surface area contributed by atoms with Crippen LogP contribution in [-0.2, 0) is 23.7 Å². The number of carbonyl (C=O) groups is 1. The van der Waals surface area contributed by atoms with Crippen molar-refractivity contribution in [1.82, 2.24) is 9.55 Å². The maximum atomic E-state index is 13.6. The maximum Gasteiger partial charge on any atom is 0.272 e. The molecule has 2 aromatic heterocycles. The molecule has 0 N–H and O–H groups in total. The minimum Gasteiger partial charge on any atom is -0.493 e. The van der Waals surface area contributed by atoms with Gasteiger partial charge in [-0.05, 0) is 24.1 Å². The summed E-state index contributed by atoms with van der Waals surface area (Å²) in [5.74, 6) is -1.93. The van der Waals surface area contributed by atoms with Crippen molar-refractivity contribution in [2.75, 3.05) is 0 Å². The highest BCUT2D eigenvalue weighted by Crippen LogP contribution is 2.34. The van der Waals surface area contributed by atoms with Gasteiger partial charge in [0.2, 0.25) is 0 Å². The van der Waals surface area contributed by atoms with Crippen molar-refractivity contribution in [3.05, 3.63) is 87.5 Å². The van der Waals surface area contributed by atoms with Crippen molar-refractivity contribution < 1.29 is 18.3 Å². The highest BCUT2D eigenvalue weighted by Gasteiger charge is 2.27. The first-order valence-corrected chi connectivity index (χ1v) is 9.85. The van der Waals surface area contributed by atoms with Crippen LogP contribution in [0.15, 0.2) is 54.6 Å². The van der Waals surface area contributed by atoms with E-state index in [1.54, 1.807) is 10.8 Å². The zero-order chi connectivity index (χ0) is 21.3. The van der Waals surface area contributed by atoms with Gasteiger partial charge in [0.25, 0.3) is 5.92 Å². The largest absolute Gasteiger partial charge is 0.493 e. The summed E-state index contributed by atoms with van der Waals surface area (Å²) in [6.07, 6.45) is 6.60. The lowest BCUT2D eigenvalue weighted by atomic mass is 10.0. The van der Waals surface area contributed by atoms with E-state index in [1.807, 2.05) is 36.4 Å². The molecule has 1 aliphatic rings. The van der Waals surface area contributed by atoms with E-state index in [1.165, 1.54) is 6.07 Å². The molecule has 0 atom stereocenters. The topological polar surface area (TPSA) is 44.1 Å². The molecule has 0 bridgehead atoms. The SMILES string of the molecule is CC(F)(F)c1cnc(-n2cc(C=O)c3c2CCC(OCc2ccccc2)=C3)c(Cl)c1. The number of aldehydes is 1. The van der Waals surface area contributed by atoms with E-state index in [2.05, 4.69) is 4.98 Å². The molecule has 0 aliphatic heterocycles. The summed E-state index contributed by atoms with van der Waals surface area (Å²) in [6, 6.07) is 11.0. The van der Waals surface area contributed by atoms with E-state index < -0.39 is 5.92 Å². The monoisotopic (exact) mass is 428 g/mol. The Morgan fingerprint density at radius 3 is 2.70 bits per heavy atom. The van der Waals surface area contributed by atoms with Crippen molar-refractivity contribution in [1.29, 1.82) is 0 Å². The number of alkyl halides is 2. The minimum absolute atomic E-state index is 0.0966. The summed E-state index contributed by atoms with van der Waals surface area (Å²) in [6.45, 7) is 1.24. The predicted octanol–water partition coefficient (Wildman–Crippen LogP) is 5.95. The quantitative estimate of drug-likeness (QED) is 0.455. The van der Waals surface area contributed by atoms with Crippen molar-refractivity contribution in [3.63, 3.8) is 0 Å². The third-order valence-corrected chi connectivity index (χ3v) is 5.32. The van der Waals surface area contributed by atoms with Gasteiger partial charge in [-0.1, -0.05) is 41.9 Å². The normalized spacial score (nSPS) is 13.5. The minimum atomic E-state index is -3.03. The number of ether oxygens (including phenoxy) is 1. The van der Waals surface area contributed by atoms with Gasteiger partial charge in [-0.25, -0.2) is 13.8 Å². The highest BCUT2D eigenvalue weighted by molar-refractivity contribution is 6.32. The van der Waals surface area contributed by atoms with Gasteiger partial charge in [-0.2, -0.15) is 0 Å². The van der Waals surface area contributed by atoms with Gasteiger partial charge < -0.3 is 9.30 Å². The molecule has 3 aromatic rings. The number of hydrogen-bond donors (Lipinski definition) is 0. The molecule has 0 amide bonds. The van der Waals surface area contributed by atoms with Crippen molar-refractivity contribution in [3.8, 4) is 5.82 Å². The first kappa shape index (κ1) is 20.3. The highest BCUT2D eigenvalue weighted by atomic mass is 35.5. The Kier molecular flexibility index (Phi) is 5.43. The van der Waals surface area contributed by atoms with Gasteiger partial charge in [0, 0.05) is 48.1 Å². The molecule has 0 fully saturated rings. The van der Waals surface area contributed by atoms with Crippen LogP contribution in [0.25, 0.3) is 11.9 Å². The van der Waals surface area contributed by atoms with E-state index >= 15 is 0 Å². The molecule has 4 rings (SSSR count). The predicted molar refractivity (Wildman–Crippen MR) is 111 cm³/mol. The van der Waals surface area contributed by atoms with Crippen LogP contribution in [0.3, 0.4) is 0 Å². The Morgan fingerprint density at radius 2 is 2.03 bits per heavy atom. The summed E-state index contributed by atoms with van der Waals surface area (Å²) >= 11 is 6.27. The van der Waals surface area contributed by atoms with Crippen LogP contribution < -0.4 is 0 Å². The summed E-state index contributed by atoms with van der Waals surface area (Å²) in [5.41, 5.74) is 2.84. The average molecular weight is 429 g/mol. The Hall–Kier alpha value is -2.99. The number of benzene rings is 1. The Morgan fingerprint density at radius 1 is 1.27 bits per heavy atom. The first-order valence-electron chi connectivity index (χ1n) is 9.47. The van der Waals surface area contributed by atoms with Crippen LogP contribution in [0, 0.1) is 0 Å². The van der Waals surface area contributed by atoms with E-state index in [0.29, 0.717) is 30.8 Å². The third-order valence-electron chi connectivity index (χ3n) is 5.05. The molecule has 2 heterocycles. The Labute approximate surface area is 177 Å². The molecule has 0 saturated carbocycles. The number of hydrogen-bond acceptors (Lipinski definition) is 3. The summed E-state index contributed by atoms with van der Waals surface area (Å²) < 4.78 is 34.8. The third kappa shape index (κ3) is 4.00. The van der Waals surface area contributed by atoms with Crippen LogP contribution in [0.5, 0.6) is 0 Å². The number of rotatable bonds is 6. The fraction of sp³-hybridized carbons (Fsp3) is 0.217. The van der Waals surface area contributed by atoms with Crippen LogP contribution in [0.1, 0.15) is 46.1 Å². The second-order valence-corrected chi connectivity index (χ2v) is 7.64. The van der Waals surface area contributed by atoms with E-state index in [0.717, 1.165) is 42.0 Å². The Bertz CT molecular complexity index is 1120. The fourth-order valence-electron chi connectivity index (χ4n) is 3.47. The zero-order valence-electron chi connectivity index (χ0n) is 16.2. The molecule has 4 nitrogen and oxygen atoms in total. The lowest BCUT2D eigenvalue weighted by Gasteiger charge is -2.18. The van der Waals surface area contributed by atoms with Crippen LogP contribution in [0.4, 0.5) is 8.78 Å². The molecule has 1 aliphatic carbocycles. The second kappa shape index (κ2) is 8.03. The van der Waals surface area contributed by atoms with Gasteiger partial charge in [-0.15, -0.1) is 0 Å². The summed E-state index contributed by atoms with van der Waals surface area (Å²) in [7, 11) is 0.